The minimum Gasteiger partial charge on any atom is -0.381 e. The molecule has 0 aliphatic heterocycles. The van der Waals surface area contributed by atoms with E-state index in [1.165, 1.54) is 38.5 Å². The lowest BCUT2D eigenvalue weighted by Crippen LogP contribution is -2.16. The van der Waals surface area contributed by atoms with Crippen molar-refractivity contribution in [2.45, 2.75) is 51.9 Å². The topological polar surface area (TPSA) is 9.23 Å². The molecule has 1 unspecified atom stereocenters. The molecule has 0 radical (unpaired) electrons. The van der Waals surface area contributed by atoms with Crippen molar-refractivity contribution in [1.82, 2.24) is 0 Å². The molecular formula is C13H25ClO. The highest BCUT2D eigenvalue weighted by Crippen LogP contribution is 2.33. The van der Waals surface area contributed by atoms with Gasteiger partial charge in [0, 0.05) is 19.1 Å². The van der Waals surface area contributed by atoms with Crippen LogP contribution in [-0.2, 0) is 4.74 Å². The van der Waals surface area contributed by atoms with Gasteiger partial charge < -0.3 is 4.74 Å². The largest absolute Gasteiger partial charge is 0.381 e. The smallest absolute Gasteiger partial charge is 0.0469 e. The van der Waals surface area contributed by atoms with E-state index in [2.05, 4.69) is 6.92 Å². The average Bonchev–Trinajstić information content (AvgIpc) is 2.77. The second-order valence-electron chi connectivity index (χ2n) is 4.71. The Morgan fingerprint density at radius 1 is 1.27 bits per heavy atom. The van der Waals surface area contributed by atoms with E-state index >= 15 is 0 Å². The molecule has 1 nitrogen and oxygen atoms in total. The van der Waals surface area contributed by atoms with Gasteiger partial charge in [0.05, 0.1) is 0 Å². The van der Waals surface area contributed by atoms with Crippen molar-refractivity contribution >= 4 is 11.6 Å². The van der Waals surface area contributed by atoms with Crippen LogP contribution < -0.4 is 0 Å². The van der Waals surface area contributed by atoms with Crippen LogP contribution in [0.1, 0.15) is 51.9 Å². The predicted octanol–water partition coefficient (Wildman–Crippen LogP) is 4.24. The van der Waals surface area contributed by atoms with Gasteiger partial charge in [0.15, 0.2) is 0 Å². The SMILES string of the molecule is CCCCOCCC(CCl)C1CCCC1. The Kier molecular flexibility index (Phi) is 7.46. The molecule has 0 bridgehead atoms. The van der Waals surface area contributed by atoms with Crippen LogP contribution in [0.2, 0.25) is 0 Å². The summed E-state index contributed by atoms with van der Waals surface area (Å²) in [6.07, 6.45) is 9.19. The monoisotopic (exact) mass is 232 g/mol. The van der Waals surface area contributed by atoms with E-state index in [0.717, 1.165) is 31.4 Å². The predicted molar refractivity (Wildman–Crippen MR) is 66.5 cm³/mol. The summed E-state index contributed by atoms with van der Waals surface area (Å²) in [6, 6.07) is 0. The molecule has 15 heavy (non-hydrogen) atoms. The van der Waals surface area contributed by atoms with Gasteiger partial charge >= 0.3 is 0 Å². The highest BCUT2D eigenvalue weighted by atomic mass is 35.5. The number of rotatable bonds is 8. The molecule has 1 fully saturated rings. The van der Waals surface area contributed by atoms with Gasteiger partial charge in [0.2, 0.25) is 0 Å². The van der Waals surface area contributed by atoms with Gasteiger partial charge in [0.1, 0.15) is 0 Å². The second kappa shape index (κ2) is 8.41. The maximum absolute atomic E-state index is 6.03. The second-order valence-corrected chi connectivity index (χ2v) is 5.02. The Morgan fingerprint density at radius 2 is 2.00 bits per heavy atom. The molecule has 1 atom stereocenters. The Balaban J connectivity index is 2.05. The van der Waals surface area contributed by atoms with E-state index in [4.69, 9.17) is 16.3 Å². The fraction of sp³-hybridized carbons (Fsp3) is 1.00. The molecule has 0 aromatic rings. The molecule has 0 N–H and O–H groups in total. The van der Waals surface area contributed by atoms with Crippen molar-refractivity contribution in [2.75, 3.05) is 19.1 Å². The number of unbranched alkanes of at least 4 members (excludes halogenated alkanes) is 1. The van der Waals surface area contributed by atoms with E-state index in [-0.39, 0.29) is 0 Å². The quantitative estimate of drug-likeness (QED) is 0.449. The van der Waals surface area contributed by atoms with Crippen LogP contribution in [0.15, 0.2) is 0 Å². The fourth-order valence-corrected chi connectivity index (χ4v) is 2.86. The molecule has 0 spiro atoms. The lowest BCUT2D eigenvalue weighted by atomic mass is 9.90. The summed E-state index contributed by atoms with van der Waals surface area (Å²) in [5.74, 6) is 2.41. The third-order valence-corrected chi connectivity index (χ3v) is 3.94. The lowest BCUT2D eigenvalue weighted by molar-refractivity contribution is 0.111. The molecule has 1 rings (SSSR count). The lowest BCUT2D eigenvalue weighted by Gasteiger charge is -2.20. The minimum absolute atomic E-state index is 0.704. The first kappa shape index (κ1) is 13.3. The summed E-state index contributed by atoms with van der Waals surface area (Å²) >= 11 is 6.03. The first-order chi connectivity index (χ1) is 7.38. The van der Waals surface area contributed by atoms with Crippen LogP contribution in [-0.4, -0.2) is 19.1 Å². The highest BCUT2D eigenvalue weighted by Gasteiger charge is 2.23. The Bertz CT molecular complexity index is 143. The zero-order valence-corrected chi connectivity index (χ0v) is 10.8. The Hall–Kier alpha value is 0.250. The minimum atomic E-state index is 0.704. The zero-order valence-electron chi connectivity index (χ0n) is 10.0. The average molecular weight is 233 g/mol. The first-order valence-corrected chi connectivity index (χ1v) is 7.05. The van der Waals surface area contributed by atoms with Gasteiger partial charge in [-0.1, -0.05) is 39.0 Å². The van der Waals surface area contributed by atoms with Crippen molar-refractivity contribution in [3.63, 3.8) is 0 Å². The molecule has 0 saturated heterocycles. The number of ether oxygens (including phenoxy) is 1. The summed E-state index contributed by atoms with van der Waals surface area (Å²) < 4.78 is 5.61. The van der Waals surface area contributed by atoms with Gasteiger partial charge in [-0.05, 0) is 24.7 Å². The van der Waals surface area contributed by atoms with E-state index in [1.54, 1.807) is 0 Å². The summed E-state index contributed by atoms with van der Waals surface area (Å²) in [6.45, 7) is 4.04. The van der Waals surface area contributed by atoms with Crippen LogP contribution in [0.25, 0.3) is 0 Å². The van der Waals surface area contributed by atoms with E-state index in [9.17, 15) is 0 Å². The summed E-state index contributed by atoms with van der Waals surface area (Å²) in [7, 11) is 0. The van der Waals surface area contributed by atoms with Crippen molar-refractivity contribution in [2.24, 2.45) is 11.8 Å². The van der Waals surface area contributed by atoms with Gasteiger partial charge in [-0.2, -0.15) is 0 Å². The molecule has 1 aliphatic carbocycles. The van der Waals surface area contributed by atoms with Gasteiger partial charge in [-0.15, -0.1) is 11.6 Å². The standard InChI is InChI=1S/C13H25ClO/c1-2-3-9-15-10-8-13(11-14)12-6-4-5-7-12/h12-13H,2-11H2,1H3. The molecule has 1 aliphatic rings. The van der Waals surface area contributed by atoms with Gasteiger partial charge in [-0.3, -0.25) is 0 Å². The van der Waals surface area contributed by atoms with E-state index < -0.39 is 0 Å². The maximum atomic E-state index is 6.03. The molecule has 90 valence electrons. The molecule has 0 aromatic heterocycles. The number of halogens is 1. The molecule has 0 amide bonds. The number of hydrogen-bond donors (Lipinski definition) is 0. The van der Waals surface area contributed by atoms with Crippen LogP contribution in [0.4, 0.5) is 0 Å². The summed E-state index contributed by atoms with van der Waals surface area (Å²) in [5.41, 5.74) is 0. The van der Waals surface area contributed by atoms with Crippen LogP contribution in [0, 0.1) is 11.8 Å². The number of alkyl halides is 1. The normalized spacial score (nSPS) is 19.6. The fourth-order valence-electron chi connectivity index (χ4n) is 2.45. The highest BCUT2D eigenvalue weighted by molar-refractivity contribution is 6.18. The Morgan fingerprint density at radius 3 is 2.60 bits per heavy atom. The molecule has 2 heteroatoms. The molecule has 0 aromatic carbocycles. The third-order valence-electron chi connectivity index (χ3n) is 3.54. The molecule has 0 heterocycles. The number of hydrogen-bond acceptors (Lipinski definition) is 1. The van der Waals surface area contributed by atoms with Crippen molar-refractivity contribution in [1.29, 1.82) is 0 Å². The van der Waals surface area contributed by atoms with Crippen molar-refractivity contribution in [3.05, 3.63) is 0 Å². The summed E-state index contributed by atoms with van der Waals surface area (Å²) in [4.78, 5) is 0. The van der Waals surface area contributed by atoms with Crippen LogP contribution in [0.3, 0.4) is 0 Å². The Labute approximate surface area is 99.5 Å². The van der Waals surface area contributed by atoms with Crippen molar-refractivity contribution in [3.8, 4) is 0 Å². The van der Waals surface area contributed by atoms with Crippen LogP contribution in [0.5, 0.6) is 0 Å². The van der Waals surface area contributed by atoms with E-state index in [1.807, 2.05) is 0 Å². The van der Waals surface area contributed by atoms with Gasteiger partial charge in [-0.25, -0.2) is 0 Å². The molecular weight excluding hydrogens is 208 g/mol. The zero-order chi connectivity index (χ0) is 10.9. The summed E-state index contributed by atoms with van der Waals surface area (Å²) in [5, 5.41) is 0. The van der Waals surface area contributed by atoms with E-state index in [0.29, 0.717) is 5.92 Å². The van der Waals surface area contributed by atoms with Crippen molar-refractivity contribution < 1.29 is 4.74 Å². The first-order valence-electron chi connectivity index (χ1n) is 6.52. The third kappa shape index (κ3) is 5.21. The van der Waals surface area contributed by atoms with Crippen LogP contribution >= 0.6 is 11.6 Å². The molecule has 1 saturated carbocycles. The van der Waals surface area contributed by atoms with Gasteiger partial charge in [0.25, 0.3) is 0 Å². The maximum Gasteiger partial charge on any atom is 0.0469 e.